The van der Waals surface area contributed by atoms with E-state index in [1.807, 2.05) is 9.80 Å². The number of carbonyl (C=O) groups excluding carboxylic acids is 2. The number of halogens is 3. The van der Waals surface area contributed by atoms with E-state index in [-0.39, 0.29) is 23.6 Å². The highest BCUT2D eigenvalue weighted by Gasteiger charge is 2.32. The molecule has 0 spiro atoms. The molecule has 3 amide bonds. The summed E-state index contributed by atoms with van der Waals surface area (Å²) in [7, 11) is 1.68. The molecule has 0 N–H and O–H groups in total. The molecule has 2 fully saturated rings. The van der Waals surface area contributed by atoms with E-state index >= 15 is 0 Å². The van der Waals surface area contributed by atoms with Gasteiger partial charge in [-0.2, -0.15) is 0 Å². The van der Waals surface area contributed by atoms with Gasteiger partial charge in [0, 0.05) is 45.7 Å². The normalized spacial score (nSPS) is 18.1. The summed E-state index contributed by atoms with van der Waals surface area (Å²) in [4.78, 5) is 30.5. The zero-order chi connectivity index (χ0) is 21.0. The van der Waals surface area contributed by atoms with Gasteiger partial charge in [0.25, 0.3) is 0 Å². The van der Waals surface area contributed by atoms with Crippen molar-refractivity contribution in [2.24, 2.45) is 5.92 Å². The molecule has 29 heavy (non-hydrogen) atoms. The van der Waals surface area contributed by atoms with Crippen molar-refractivity contribution in [1.29, 1.82) is 0 Å². The molecular weight excluding hydrogens is 387 g/mol. The number of hydrogen-bond acceptors (Lipinski definition) is 3. The highest BCUT2D eigenvalue weighted by molar-refractivity contribution is 5.79. The lowest BCUT2D eigenvalue weighted by atomic mass is 9.95. The molecule has 2 aliphatic rings. The first-order chi connectivity index (χ1) is 13.7. The van der Waals surface area contributed by atoms with E-state index in [4.69, 9.17) is 0 Å². The van der Waals surface area contributed by atoms with Crippen LogP contribution in [0.25, 0.3) is 0 Å². The standard InChI is InChI=1S/C20H26F3N3O3/c1-24(14-15-4-6-17(7-5-15)29-20(21,22)23)18(27)16-8-12-26(13-9-16)19(28)25-10-2-3-11-25/h4-7,16H,2-3,8-14H2,1H3. The minimum Gasteiger partial charge on any atom is -0.406 e. The van der Waals surface area contributed by atoms with Crippen molar-refractivity contribution in [2.45, 2.75) is 38.6 Å². The fourth-order valence-corrected chi connectivity index (χ4v) is 3.89. The van der Waals surface area contributed by atoms with Gasteiger partial charge in [0.2, 0.25) is 5.91 Å². The number of nitrogens with zero attached hydrogens (tertiary/aromatic N) is 3. The summed E-state index contributed by atoms with van der Waals surface area (Å²) in [5.74, 6) is -0.436. The van der Waals surface area contributed by atoms with Crippen LogP contribution in [-0.2, 0) is 11.3 Å². The van der Waals surface area contributed by atoms with Gasteiger partial charge in [-0.25, -0.2) is 4.79 Å². The second kappa shape index (κ2) is 8.92. The van der Waals surface area contributed by atoms with Crippen LogP contribution >= 0.6 is 0 Å². The number of amides is 3. The number of likely N-dealkylation sites (tertiary alicyclic amines) is 2. The molecule has 1 aromatic carbocycles. The number of rotatable bonds is 4. The Bertz CT molecular complexity index is 710. The predicted molar refractivity (Wildman–Crippen MR) is 100 cm³/mol. The van der Waals surface area contributed by atoms with Crippen molar-refractivity contribution >= 4 is 11.9 Å². The van der Waals surface area contributed by atoms with Gasteiger partial charge >= 0.3 is 12.4 Å². The van der Waals surface area contributed by atoms with E-state index in [9.17, 15) is 22.8 Å². The molecule has 160 valence electrons. The summed E-state index contributed by atoms with van der Waals surface area (Å²) < 4.78 is 40.5. The summed E-state index contributed by atoms with van der Waals surface area (Å²) in [6.45, 7) is 3.07. The van der Waals surface area contributed by atoms with E-state index in [0.717, 1.165) is 31.5 Å². The summed E-state index contributed by atoms with van der Waals surface area (Å²) in [6, 6.07) is 5.58. The first-order valence-electron chi connectivity index (χ1n) is 9.86. The molecule has 2 aliphatic heterocycles. The molecule has 6 nitrogen and oxygen atoms in total. The largest absolute Gasteiger partial charge is 0.573 e. The van der Waals surface area contributed by atoms with E-state index in [1.165, 1.54) is 24.3 Å². The molecular formula is C20H26F3N3O3. The molecule has 0 saturated carbocycles. The molecule has 9 heteroatoms. The van der Waals surface area contributed by atoms with Gasteiger partial charge in [-0.3, -0.25) is 4.79 Å². The Morgan fingerprint density at radius 1 is 1.03 bits per heavy atom. The van der Waals surface area contributed by atoms with Crippen molar-refractivity contribution in [3.8, 4) is 5.75 Å². The molecule has 0 radical (unpaired) electrons. The van der Waals surface area contributed by atoms with E-state index in [1.54, 1.807) is 11.9 Å². The van der Waals surface area contributed by atoms with Crippen LogP contribution in [0.5, 0.6) is 5.75 Å². The molecule has 1 aromatic rings. The SMILES string of the molecule is CN(Cc1ccc(OC(F)(F)F)cc1)C(=O)C1CCN(C(=O)N2CCCC2)CC1. The average molecular weight is 413 g/mol. The van der Waals surface area contributed by atoms with E-state index < -0.39 is 6.36 Å². The number of carbonyl (C=O) groups is 2. The summed E-state index contributed by atoms with van der Waals surface area (Å²) in [6.07, 6.45) is -1.37. The van der Waals surface area contributed by atoms with Crippen LogP contribution in [0.1, 0.15) is 31.2 Å². The van der Waals surface area contributed by atoms with E-state index in [2.05, 4.69) is 4.74 Å². The van der Waals surface area contributed by atoms with Crippen LogP contribution in [0.2, 0.25) is 0 Å². The second-order valence-electron chi connectivity index (χ2n) is 7.62. The van der Waals surface area contributed by atoms with Crippen LogP contribution in [0.3, 0.4) is 0 Å². The number of urea groups is 1. The highest BCUT2D eigenvalue weighted by Crippen LogP contribution is 2.24. The smallest absolute Gasteiger partial charge is 0.406 e. The van der Waals surface area contributed by atoms with Crippen LogP contribution in [-0.4, -0.2) is 66.2 Å². The number of piperidine rings is 1. The highest BCUT2D eigenvalue weighted by atomic mass is 19.4. The Hall–Kier alpha value is -2.45. The average Bonchev–Trinajstić information content (AvgIpc) is 3.22. The third-order valence-corrected chi connectivity index (χ3v) is 5.44. The first-order valence-corrected chi connectivity index (χ1v) is 9.86. The zero-order valence-corrected chi connectivity index (χ0v) is 16.5. The number of alkyl halides is 3. The fourth-order valence-electron chi connectivity index (χ4n) is 3.89. The predicted octanol–water partition coefficient (Wildman–Crippen LogP) is 3.47. The van der Waals surface area contributed by atoms with E-state index in [0.29, 0.717) is 32.5 Å². The quantitative estimate of drug-likeness (QED) is 0.760. The minimum atomic E-state index is -4.72. The molecule has 0 unspecified atom stereocenters. The Kier molecular flexibility index (Phi) is 6.54. The van der Waals surface area contributed by atoms with Crippen molar-refractivity contribution in [3.05, 3.63) is 29.8 Å². The molecule has 0 aromatic heterocycles. The monoisotopic (exact) mass is 413 g/mol. The summed E-state index contributed by atoms with van der Waals surface area (Å²) in [5, 5.41) is 0. The van der Waals surface area contributed by atoms with Crippen molar-refractivity contribution in [3.63, 3.8) is 0 Å². The van der Waals surface area contributed by atoms with Crippen molar-refractivity contribution < 1.29 is 27.5 Å². The van der Waals surface area contributed by atoms with Gasteiger partial charge in [-0.1, -0.05) is 12.1 Å². The fraction of sp³-hybridized carbons (Fsp3) is 0.600. The van der Waals surface area contributed by atoms with Gasteiger partial charge in [0.15, 0.2) is 0 Å². The Morgan fingerprint density at radius 2 is 1.59 bits per heavy atom. The van der Waals surface area contributed by atoms with Gasteiger partial charge in [0.05, 0.1) is 0 Å². The van der Waals surface area contributed by atoms with Crippen LogP contribution in [0.4, 0.5) is 18.0 Å². The summed E-state index contributed by atoms with van der Waals surface area (Å²) >= 11 is 0. The lowest BCUT2D eigenvalue weighted by Crippen LogP contribution is -2.47. The third-order valence-electron chi connectivity index (χ3n) is 5.44. The van der Waals surface area contributed by atoms with Crippen LogP contribution in [0, 0.1) is 5.92 Å². The Morgan fingerprint density at radius 3 is 2.14 bits per heavy atom. The molecule has 2 saturated heterocycles. The van der Waals surface area contributed by atoms with Gasteiger partial charge in [0.1, 0.15) is 5.75 Å². The molecule has 0 bridgehead atoms. The third kappa shape index (κ3) is 5.77. The maximum Gasteiger partial charge on any atom is 0.573 e. The van der Waals surface area contributed by atoms with Gasteiger partial charge < -0.3 is 19.4 Å². The van der Waals surface area contributed by atoms with Gasteiger partial charge in [-0.05, 0) is 43.4 Å². The first kappa shape index (κ1) is 21.3. The zero-order valence-electron chi connectivity index (χ0n) is 16.5. The lowest BCUT2D eigenvalue weighted by molar-refractivity contribution is -0.274. The maximum atomic E-state index is 12.7. The maximum absolute atomic E-state index is 12.7. The molecule has 0 atom stereocenters. The molecule has 2 heterocycles. The topological polar surface area (TPSA) is 53.1 Å². The second-order valence-corrected chi connectivity index (χ2v) is 7.62. The van der Waals surface area contributed by atoms with Gasteiger partial charge in [-0.15, -0.1) is 13.2 Å². The molecule has 0 aliphatic carbocycles. The number of hydrogen-bond donors (Lipinski definition) is 0. The van der Waals surface area contributed by atoms with Crippen LogP contribution in [0.15, 0.2) is 24.3 Å². The van der Waals surface area contributed by atoms with Crippen molar-refractivity contribution in [2.75, 3.05) is 33.2 Å². The number of benzene rings is 1. The number of ether oxygens (including phenoxy) is 1. The van der Waals surface area contributed by atoms with Crippen LogP contribution < -0.4 is 4.74 Å². The summed E-state index contributed by atoms with van der Waals surface area (Å²) in [5.41, 5.74) is 0.719. The Balaban J connectivity index is 1.47. The Labute approximate surface area is 168 Å². The van der Waals surface area contributed by atoms with Crippen molar-refractivity contribution in [1.82, 2.24) is 14.7 Å². The minimum absolute atomic E-state index is 0.00566. The molecule has 3 rings (SSSR count). The lowest BCUT2D eigenvalue weighted by Gasteiger charge is -2.35.